The summed E-state index contributed by atoms with van der Waals surface area (Å²) in [6.45, 7) is 0. The van der Waals surface area contributed by atoms with Gasteiger partial charge in [-0.2, -0.15) is 0 Å². The maximum absolute atomic E-state index is 4.29. The minimum atomic E-state index is 0.629. The maximum Gasteiger partial charge on any atom is 0.197 e. The van der Waals surface area contributed by atoms with Crippen molar-refractivity contribution < 1.29 is 0 Å². The Morgan fingerprint density at radius 1 is 1.29 bits per heavy atom. The topological polar surface area (TPSA) is 55.6 Å². The van der Waals surface area contributed by atoms with Crippen molar-refractivity contribution in [1.29, 1.82) is 0 Å². The zero-order valence-electron chi connectivity index (χ0n) is 8.10. The molecule has 0 saturated carbocycles. The third kappa shape index (κ3) is 1.44. The summed E-state index contributed by atoms with van der Waals surface area (Å²) in [5.74, 6) is 2.18. The van der Waals surface area contributed by atoms with Crippen LogP contribution in [0.15, 0.2) is 24.7 Å². The molecule has 2 aromatic rings. The first-order valence-electron chi connectivity index (χ1n) is 4.30. The summed E-state index contributed by atoms with van der Waals surface area (Å²) in [6, 6.07) is 1.81. The lowest BCUT2D eigenvalue weighted by Crippen LogP contribution is -1.99. The van der Waals surface area contributed by atoms with Crippen LogP contribution in [0.5, 0.6) is 0 Å². The zero-order chi connectivity index (χ0) is 9.97. The van der Waals surface area contributed by atoms with Crippen molar-refractivity contribution in [2.75, 3.05) is 12.4 Å². The Morgan fingerprint density at radius 3 is 2.79 bits per heavy atom. The molecule has 5 heteroatoms. The molecule has 2 heterocycles. The second-order valence-corrected chi connectivity index (χ2v) is 2.88. The van der Waals surface area contributed by atoms with Gasteiger partial charge in [0.25, 0.3) is 0 Å². The second kappa shape index (κ2) is 3.45. The normalized spacial score (nSPS) is 10.1. The van der Waals surface area contributed by atoms with Gasteiger partial charge in [0.05, 0.1) is 0 Å². The SMILES string of the molecule is CNc1ccnc(-c2nccn2C)n1. The van der Waals surface area contributed by atoms with Crippen LogP contribution >= 0.6 is 0 Å². The van der Waals surface area contributed by atoms with E-state index in [1.165, 1.54) is 0 Å². The number of hydrogen-bond donors (Lipinski definition) is 1. The fourth-order valence-electron chi connectivity index (χ4n) is 1.19. The van der Waals surface area contributed by atoms with E-state index in [2.05, 4.69) is 20.3 Å². The molecule has 0 spiro atoms. The van der Waals surface area contributed by atoms with Gasteiger partial charge in [-0.1, -0.05) is 0 Å². The third-order valence-electron chi connectivity index (χ3n) is 1.93. The van der Waals surface area contributed by atoms with Gasteiger partial charge in [0.2, 0.25) is 0 Å². The summed E-state index contributed by atoms with van der Waals surface area (Å²) >= 11 is 0. The lowest BCUT2D eigenvalue weighted by Gasteiger charge is -2.02. The van der Waals surface area contributed by atoms with Gasteiger partial charge < -0.3 is 9.88 Å². The van der Waals surface area contributed by atoms with E-state index in [4.69, 9.17) is 0 Å². The van der Waals surface area contributed by atoms with Crippen molar-refractivity contribution in [3.8, 4) is 11.6 Å². The van der Waals surface area contributed by atoms with Crippen molar-refractivity contribution in [3.63, 3.8) is 0 Å². The van der Waals surface area contributed by atoms with E-state index in [1.807, 2.05) is 30.9 Å². The lowest BCUT2D eigenvalue weighted by atomic mass is 10.5. The Balaban J connectivity index is 2.47. The number of nitrogens with zero attached hydrogens (tertiary/aromatic N) is 4. The van der Waals surface area contributed by atoms with E-state index < -0.39 is 0 Å². The predicted octanol–water partition coefficient (Wildman–Crippen LogP) is 0.919. The molecule has 0 fully saturated rings. The average molecular weight is 189 g/mol. The highest BCUT2D eigenvalue weighted by atomic mass is 15.1. The van der Waals surface area contributed by atoms with Crippen LogP contribution in [0.1, 0.15) is 0 Å². The molecule has 0 radical (unpaired) electrons. The van der Waals surface area contributed by atoms with E-state index in [0.29, 0.717) is 5.82 Å². The predicted molar refractivity (Wildman–Crippen MR) is 53.8 cm³/mol. The van der Waals surface area contributed by atoms with Gasteiger partial charge in [0.15, 0.2) is 11.6 Å². The number of hydrogen-bond acceptors (Lipinski definition) is 4. The van der Waals surface area contributed by atoms with Gasteiger partial charge in [-0.15, -0.1) is 0 Å². The van der Waals surface area contributed by atoms with Gasteiger partial charge in [-0.05, 0) is 6.07 Å². The number of aromatic nitrogens is 4. The molecule has 0 amide bonds. The standard InChI is InChI=1S/C9H11N5/c1-10-7-3-4-11-8(13-7)9-12-5-6-14(9)2/h3-6H,1-2H3,(H,10,11,13). The van der Waals surface area contributed by atoms with Crippen molar-refractivity contribution in [3.05, 3.63) is 24.7 Å². The minimum absolute atomic E-state index is 0.629. The van der Waals surface area contributed by atoms with E-state index in [0.717, 1.165) is 11.6 Å². The highest BCUT2D eigenvalue weighted by Gasteiger charge is 2.06. The van der Waals surface area contributed by atoms with Crippen LogP contribution < -0.4 is 5.32 Å². The van der Waals surface area contributed by atoms with Gasteiger partial charge in [0.1, 0.15) is 5.82 Å². The number of anilines is 1. The molecular weight excluding hydrogens is 178 g/mol. The first kappa shape index (κ1) is 8.68. The lowest BCUT2D eigenvalue weighted by molar-refractivity contribution is 0.906. The molecule has 72 valence electrons. The van der Waals surface area contributed by atoms with Crippen molar-refractivity contribution in [2.24, 2.45) is 7.05 Å². The van der Waals surface area contributed by atoms with Gasteiger partial charge in [0, 0.05) is 32.7 Å². The minimum Gasteiger partial charge on any atom is -0.373 e. The van der Waals surface area contributed by atoms with Crippen molar-refractivity contribution in [2.45, 2.75) is 0 Å². The number of aryl methyl sites for hydroxylation is 1. The Kier molecular flexibility index (Phi) is 2.14. The summed E-state index contributed by atoms with van der Waals surface area (Å²) < 4.78 is 1.88. The fraction of sp³-hybridized carbons (Fsp3) is 0.222. The smallest absolute Gasteiger partial charge is 0.197 e. The van der Waals surface area contributed by atoms with Gasteiger partial charge >= 0.3 is 0 Å². The third-order valence-corrected chi connectivity index (χ3v) is 1.93. The molecule has 5 nitrogen and oxygen atoms in total. The molecule has 0 aliphatic carbocycles. The van der Waals surface area contributed by atoms with Crippen LogP contribution in [-0.4, -0.2) is 26.6 Å². The number of rotatable bonds is 2. The molecule has 0 atom stereocenters. The van der Waals surface area contributed by atoms with E-state index in [-0.39, 0.29) is 0 Å². The average Bonchev–Trinajstić information content (AvgIpc) is 2.65. The fourth-order valence-corrected chi connectivity index (χ4v) is 1.19. The van der Waals surface area contributed by atoms with E-state index in [1.54, 1.807) is 12.4 Å². The monoisotopic (exact) mass is 189 g/mol. The first-order chi connectivity index (χ1) is 6.81. The summed E-state index contributed by atoms with van der Waals surface area (Å²) in [7, 11) is 3.74. The molecule has 2 aromatic heterocycles. The van der Waals surface area contributed by atoms with Crippen LogP contribution in [0.2, 0.25) is 0 Å². The molecule has 0 unspecified atom stereocenters. The van der Waals surface area contributed by atoms with Crippen molar-refractivity contribution >= 4 is 5.82 Å². The van der Waals surface area contributed by atoms with Gasteiger partial charge in [-0.25, -0.2) is 15.0 Å². The summed E-state index contributed by atoms with van der Waals surface area (Å²) in [5, 5.41) is 2.96. The maximum atomic E-state index is 4.29. The van der Waals surface area contributed by atoms with Crippen LogP contribution in [-0.2, 0) is 7.05 Å². The van der Waals surface area contributed by atoms with Crippen molar-refractivity contribution in [1.82, 2.24) is 19.5 Å². The molecule has 0 bridgehead atoms. The highest BCUT2D eigenvalue weighted by molar-refractivity contribution is 5.47. The largest absolute Gasteiger partial charge is 0.373 e. The molecule has 0 aliphatic rings. The number of nitrogens with one attached hydrogen (secondary N) is 1. The Morgan fingerprint density at radius 2 is 2.14 bits per heavy atom. The molecule has 0 aromatic carbocycles. The molecule has 2 rings (SSSR count). The summed E-state index contributed by atoms with van der Waals surface area (Å²) in [6.07, 6.45) is 5.30. The molecule has 14 heavy (non-hydrogen) atoms. The molecule has 0 saturated heterocycles. The second-order valence-electron chi connectivity index (χ2n) is 2.88. The van der Waals surface area contributed by atoms with Crippen LogP contribution in [0.4, 0.5) is 5.82 Å². The van der Waals surface area contributed by atoms with E-state index >= 15 is 0 Å². The number of imidazole rings is 1. The Hall–Kier alpha value is -1.91. The highest BCUT2D eigenvalue weighted by Crippen LogP contribution is 2.12. The first-order valence-corrected chi connectivity index (χ1v) is 4.30. The summed E-state index contributed by atoms with van der Waals surface area (Å²) in [5.41, 5.74) is 0. The van der Waals surface area contributed by atoms with Gasteiger partial charge in [-0.3, -0.25) is 0 Å². The van der Waals surface area contributed by atoms with Crippen LogP contribution in [0.25, 0.3) is 11.6 Å². The molecule has 0 aliphatic heterocycles. The summed E-state index contributed by atoms with van der Waals surface area (Å²) in [4.78, 5) is 12.6. The molecular formula is C9H11N5. The van der Waals surface area contributed by atoms with Crippen LogP contribution in [0, 0.1) is 0 Å². The zero-order valence-corrected chi connectivity index (χ0v) is 8.10. The quantitative estimate of drug-likeness (QED) is 0.763. The van der Waals surface area contributed by atoms with E-state index in [9.17, 15) is 0 Å². The Bertz CT molecular complexity index is 434. The van der Waals surface area contributed by atoms with Crippen LogP contribution in [0.3, 0.4) is 0 Å². The molecule has 1 N–H and O–H groups in total. The Labute approximate surface area is 81.8 Å².